The van der Waals surface area contributed by atoms with Crippen LogP contribution in [-0.4, -0.2) is 27.9 Å². The lowest BCUT2D eigenvalue weighted by Gasteiger charge is -2.20. The van der Waals surface area contributed by atoms with Crippen molar-refractivity contribution < 1.29 is 4.74 Å². The normalized spacial score (nSPS) is 11.0. The van der Waals surface area contributed by atoms with E-state index in [1.54, 1.807) is 17.6 Å². The maximum Gasteiger partial charge on any atom is 0.258 e. The minimum Gasteiger partial charge on any atom is -0.497 e. The standard InChI is InChI=1S/C21H23N3O2/c1-4-11-23(14-17-6-8-19(26-3)9-7-17)15-18-12-21(25)24-13-16(2)5-10-20(24)22-18/h4-10,12-13H,1,11,14-15H2,2-3H3. The van der Waals surface area contributed by atoms with Crippen LogP contribution in [0.4, 0.5) is 0 Å². The molecule has 0 unspecified atom stereocenters. The van der Waals surface area contributed by atoms with Crippen molar-refractivity contribution in [1.82, 2.24) is 14.3 Å². The molecule has 0 radical (unpaired) electrons. The summed E-state index contributed by atoms with van der Waals surface area (Å²) >= 11 is 0. The summed E-state index contributed by atoms with van der Waals surface area (Å²) in [6.07, 6.45) is 3.67. The Labute approximate surface area is 153 Å². The predicted octanol–water partition coefficient (Wildman–Crippen LogP) is 3.20. The van der Waals surface area contributed by atoms with E-state index in [0.717, 1.165) is 23.6 Å². The molecule has 5 heteroatoms. The zero-order valence-corrected chi connectivity index (χ0v) is 15.2. The predicted molar refractivity (Wildman–Crippen MR) is 104 cm³/mol. The van der Waals surface area contributed by atoms with Crippen LogP contribution in [0.15, 0.2) is 66.1 Å². The molecule has 0 spiro atoms. The first kappa shape index (κ1) is 17.9. The van der Waals surface area contributed by atoms with E-state index in [1.165, 1.54) is 5.56 Å². The zero-order chi connectivity index (χ0) is 18.5. The van der Waals surface area contributed by atoms with Crippen LogP contribution in [0.2, 0.25) is 0 Å². The molecule has 3 rings (SSSR count). The number of nitrogens with zero attached hydrogens (tertiary/aromatic N) is 3. The van der Waals surface area contributed by atoms with Crippen LogP contribution in [0.1, 0.15) is 16.8 Å². The fourth-order valence-electron chi connectivity index (χ4n) is 2.93. The van der Waals surface area contributed by atoms with Crippen molar-refractivity contribution in [2.24, 2.45) is 0 Å². The molecule has 134 valence electrons. The molecule has 5 nitrogen and oxygen atoms in total. The Morgan fingerprint density at radius 2 is 1.96 bits per heavy atom. The van der Waals surface area contributed by atoms with Crippen LogP contribution in [0.3, 0.4) is 0 Å². The highest BCUT2D eigenvalue weighted by Gasteiger charge is 2.09. The minimum absolute atomic E-state index is 0.0586. The van der Waals surface area contributed by atoms with Gasteiger partial charge in [-0.25, -0.2) is 4.98 Å². The lowest BCUT2D eigenvalue weighted by atomic mass is 10.2. The van der Waals surface area contributed by atoms with Gasteiger partial charge in [-0.3, -0.25) is 14.1 Å². The van der Waals surface area contributed by atoms with Crippen molar-refractivity contribution in [3.05, 3.63) is 88.5 Å². The van der Waals surface area contributed by atoms with Crippen LogP contribution < -0.4 is 10.3 Å². The first-order valence-corrected chi connectivity index (χ1v) is 8.54. The molecular formula is C21H23N3O2. The lowest BCUT2D eigenvalue weighted by molar-refractivity contribution is 0.282. The second-order valence-corrected chi connectivity index (χ2v) is 6.33. The van der Waals surface area contributed by atoms with Gasteiger partial charge in [0, 0.05) is 31.9 Å². The molecule has 0 saturated carbocycles. The number of fused-ring (bicyclic) bond motifs is 1. The fourth-order valence-corrected chi connectivity index (χ4v) is 2.93. The van der Waals surface area contributed by atoms with E-state index in [2.05, 4.69) is 16.5 Å². The number of benzene rings is 1. The van der Waals surface area contributed by atoms with Gasteiger partial charge < -0.3 is 4.74 Å². The second-order valence-electron chi connectivity index (χ2n) is 6.33. The largest absolute Gasteiger partial charge is 0.497 e. The van der Waals surface area contributed by atoms with Gasteiger partial charge in [0.05, 0.1) is 12.8 Å². The summed E-state index contributed by atoms with van der Waals surface area (Å²) in [5.41, 5.74) is 3.56. The van der Waals surface area contributed by atoms with E-state index in [0.29, 0.717) is 18.7 Å². The van der Waals surface area contributed by atoms with Crippen molar-refractivity contribution in [3.8, 4) is 5.75 Å². The molecule has 0 saturated heterocycles. The van der Waals surface area contributed by atoms with Crippen molar-refractivity contribution in [2.75, 3.05) is 13.7 Å². The molecular weight excluding hydrogens is 326 g/mol. The SMILES string of the molecule is C=CCN(Cc1ccc(OC)cc1)Cc1cc(=O)n2cc(C)ccc2n1. The molecule has 0 atom stereocenters. The number of pyridine rings is 1. The number of aryl methyl sites for hydroxylation is 1. The van der Waals surface area contributed by atoms with Crippen molar-refractivity contribution in [3.63, 3.8) is 0 Å². The fraction of sp³-hybridized carbons (Fsp3) is 0.238. The molecule has 0 aliphatic heterocycles. The van der Waals surface area contributed by atoms with Gasteiger partial charge in [-0.15, -0.1) is 6.58 Å². The van der Waals surface area contributed by atoms with Gasteiger partial charge >= 0.3 is 0 Å². The second kappa shape index (κ2) is 7.97. The summed E-state index contributed by atoms with van der Waals surface area (Å²) in [5, 5.41) is 0. The van der Waals surface area contributed by atoms with Crippen LogP contribution in [-0.2, 0) is 13.1 Å². The summed E-state index contributed by atoms with van der Waals surface area (Å²) in [5.74, 6) is 0.837. The summed E-state index contributed by atoms with van der Waals surface area (Å²) in [6, 6.07) is 13.4. The Bertz CT molecular complexity index is 961. The molecule has 0 amide bonds. The highest BCUT2D eigenvalue weighted by atomic mass is 16.5. The van der Waals surface area contributed by atoms with Gasteiger partial charge in [0.2, 0.25) is 0 Å². The maximum atomic E-state index is 12.4. The van der Waals surface area contributed by atoms with E-state index >= 15 is 0 Å². The van der Waals surface area contributed by atoms with Gasteiger partial charge in [0.1, 0.15) is 11.4 Å². The molecule has 2 aromatic heterocycles. The highest BCUT2D eigenvalue weighted by molar-refractivity contribution is 5.40. The zero-order valence-electron chi connectivity index (χ0n) is 15.2. The topological polar surface area (TPSA) is 46.8 Å². The van der Waals surface area contributed by atoms with Gasteiger partial charge in [-0.05, 0) is 36.2 Å². The molecule has 0 fully saturated rings. The number of hydrogen-bond acceptors (Lipinski definition) is 4. The van der Waals surface area contributed by atoms with Crippen LogP contribution >= 0.6 is 0 Å². The summed E-state index contributed by atoms with van der Waals surface area (Å²) < 4.78 is 6.79. The number of aromatic nitrogens is 2. The minimum atomic E-state index is -0.0586. The maximum absolute atomic E-state index is 12.4. The summed E-state index contributed by atoms with van der Waals surface area (Å²) in [4.78, 5) is 19.2. The van der Waals surface area contributed by atoms with Crippen molar-refractivity contribution in [2.45, 2.75) is 20.0 Å². The average molecular weight is 349 g/mol. The molecule has 0 aliphatic carbocycles. The van der Waals surface area contributed by atoms with Crippen molar-refractivity contribution >= 4 is 5.65 Å². The first-order chi connectivity index (χ1) is 12.6. The quantitative estimate of drug-likeness (QED) is 0.615. The monoisotopic (exact) mass is 349 g/mol. The van der Waals surface area contributed by atoms with Gasteiger partial charge in [-0.1, -0.05) is 24.3 Å². The lowest BCUT2D eigenvalue weighted by Crippen LogP contribution is -2.25. The summed E-state index contributed by atoms with van der Waals surface area (Å²) in [7, 11) is 1.66. The Hall–Kier alpha value is -2.92. The molecule has 0 bridgehead atoms. The Morgan fingerprint density at radius 3 is 2.65 bits per heavy atom. The van der Waals surface area contributed by atoms with Crippen LogP contribution in [0.25, 0.3) is 5.65 Å². The third kappa shape index (κ3) is 4.18. The number of rotatable bonds is 7. The van der Waals surface area contributed by atoms with Gasteiger partial charge in [0.15, 0.2) is 0 Å². The van der Waals surface area contributed by atoms with Crippen LogP contribution in [0, 0.1) is 6.92 Å². The van der Waals surface area contributed by atoms with E-state index in [9.17, 15) is 4.79 Å². The van der Waals surface area contributed by atoms with E-state index < -0.39 is 0 Å². The third-order valence-corrected chi connectivity index (χ3v) is 4.20. The molecule has 26 heavy (non-hydrogen) atoms. The Kier molecular flexibility index (Phi) is 5.49. The molecule has 3 aromatic rings. The summed E-state index contributed by atoms with van der Waals surface area (Å²) in [6.45, 7) is 7.83. The Balaban J connectivity index is 1.82. The Morgan fingerprint density at radius 1 is 1.19 bits per heavy atom. The van der Waals surface area contributed by atoms with Gasteiger partial charge in [-0.2, -0.15) is 0 Å². The third-order valence-electron chi connectivity index (χ3n) is 4.20. The molecule has 2 heterocycles. The average Bonchev–Trinajstić information content (AvgIpc) is 2.63. The molecule has 0 N–H and O–H groups in total. The highest BCUT2D eigenvalue weighted by Crippen LogP contribution is 2.14. The van der Waals surface area contributed by atoms with Crippen molar-refractivity contribution in [1.29, 1.82) is 0 Å². The van der Waals surface area contributed by atoms with E-state index in [1.807, 2.05) is 55.6 Å². The number of methoxy groups -OCH3 is 1. The number of hydrogen-bond donors (Lipinski definition) is 0. The molecule has 1 aromatic carbocycles. The number of ether oxygens (including phenoxy) is 1. The smallest absolute Gasteiger partial charge is 0.258 e. The van der Waals surface area contributed by atoms with E-state index in [-0.39, 0.29) is 5.56 Å². The molecule has 0 aliphatic rings. The van der Waals surface area contributed by atoms with E-state index in [4.69, 9.17) is 4.74 Å². The van der Waals surface area contributed by atoms with Crippen LogP contribution in [0.5, 0.6) is 5.75 Å². The van der Waals surface area contributed by atoms with Gasteiger partial charge in [0.25, 0.3) is 5.56 Å². The first-order valence-electron chi connectivity index (χ1n) is 8.54.